The lowest BCUT2D eigenvalue weighted by atomic mass is 9.86. The van der Waals surface area contributed by atoms with E-state index < -0.39 is 0 Å². The molecule has 1 rings (SSSR count). The van der Waals surface area contributed by atoms with Gasteiger partial charge in [0.2, 0.25) is 0 Å². The molecule has 0 spiro atoms. The molecule has 16 heavy (non-hydrogen) atoms. The van der Waals surface area contributed by atoms with Crippen LogP contribution in [0.2, 0.25) is 0 Å². The highest BCUT2D eigenvalue weighted by Gasteiger charge is 2.32. The van der Waals surface area contributed by atoms with Crippen molar-refractivity contribution in [2.45, 2.75) is 65.9 Å². The maximum Gasteiger partial charge on any atom is 0.309 e. The van der Waals surface area contributed by atoms with Crippen LogP contribution in [0.5, 0.6) is 0 Å². The molecule has 0 bridgehead atoms. The van der Waals surface area contributed by atoms with Crippen molar-refractivity contribution in [3.8, 4) is 0 Å². The Balaban J connectivity index is 2.28. The lowest BCUT2D eigenvalue weighted by Gasteiger charge is -2.18. The molecule has 2 nitrogen and oxygen atoms in total. The maximum absolute atomic E-state index is 11.5. The molecule has 0 aromatic heterocycles. The highest BCUT2D eigenvalue weighted by molar-refractivity contribution is 5.74. The molecule has 0 saturated carbocycles. The highest BCUT2D eigenvalue weighted by atomic mass is 16.5. The average molecular weight is 226 g/mol. The minimum Gasteiger partial charge on any atom is -0.462 e. The number of hydrogen-bond acceptors (Lipinski definition) is 2. The van der Waals surface area contributed by atoms with E-state index in [0.717, 1.165) is 18.8 Å². The van der Waals surface area contributed by atoms with Gasteiger partial charge in [-0.3, -0.25) is 4.79 Å². The Labute approximate surface area is 99.8 Å². The minimum absolute atomic E-state index is 0.0301. The predicted octanol–water partition coefficient (Wildman–Crippen LogP) is 3.79. The first-order chi connectivity index (χ1) is 7.52. The van der Waals surface area contributed by atoms with Crippen molar-refractivity contribution in [1.82, 2.24) is 0 Å². The maximum atomic E-state index is 11.5. The summed E-state index contributed by atoms with van der Waals surface area (Å²) >= 11 is 0. The second-order valence-electron chi connectivity index (χ2n) is 5.65. The van der Waals surface area contributed by atoms with Gasteiger partial charge in [0.1, 0.15) is 0 Å². The predicted molar refractivity (Wildman–Crippen MR) is 66.1 cm³/mol. The van der Waals surface area contributed by atoms with Gasteiger partial charge in [-0.1, -0.05) is 33.6 Å². The van der Waals surface area contributed by atoms with Crippen LogP contribution < -0.4 is 0 Å². The molecule has 1 aliphatic rings. The van der Waals surface area contributed by atoms with E-state index in [1.54, 1.807) is 0 Å². The minimum atomic E-state index is 0.0301. The summed E-state index contributed by atoms with van der Waals surface area (Å²) in [5, 5.41) is 0. The smallest absolute Gasteiger partial charge is 0.309 e. The summed E-state index contributed by atoms with van der Waals surface area (Å²) < 4.78 is 5.19. The third kappa shape index (κ3) is 4.15. The van der Waals surface area contributed by atoms with Crippen molar-refractivity contribution in [2.75, 3.05) is 0 Å². The Bertz CT molecular complexity index is 225. The van der Waals surface area contributed by atoms with Gasteiger partial charge in [0, 0.05) is 0 Å². The summed E-state index contributed by atoms with van der Waals surface area (Å²) in [7, 11) is 0. The van der Waals surface area contributed by atoms with Crippen LogP contribution >= 0.6 is 0 Å². The van der Waals surface area contributed by atoms with Crippen LogP contribution in [0.25, 0.3) is 0 Å². The Morgan fingerprint density at radius 2 is 2.06 bits per heavy atom. The van der Waals surface area contributed by atoms with Crippen molar-refractivity contribution in [3.63, 3.8) is 0 Å². The molecule has 0 N–H and O–H groups in total. The molecule has 0 amide bonds. The van der Waals surface area contributed by atoms with Gasteiger partial charge < -0.3 is 4.74 Å². The van der Waals surface area contributed by atoms with E-state index in [1.165, 1.54) is 19.3 Å². The van der Waals surface area contributed by atoms with Crippen molar-refractivity contribution >= 4 is 5.97 Å². The molecule has 94 valence electrons. The van der Waals surface area contributed by atoms with Gasteiger partial charge in [0.15, 0.2) is 0 Å². The molecular formula is C14H26O2. The molecule has 1 saturated heterocycles. The zero-order valence-electron chi connectivity index (χ0n) is 11.2. The fourth-order valence-corrected chi connectivity index (χ4v) is 2.91. The van der Waals surface area contributed by atoms with Gasteiger partial charge in [0.25, 0.3) is 0 Å². The monoisotopic (exact) mass is 226 g/mol. The largest absolute Gasteiger partial charge is 0.462 e. The third-order valence-corrected chi connectivity index (χ3v) is 3.54. The van der Waals surface area contributed by atoms with Gasteiger partial charge >= 0.3 is 5.97 Å². The Morgan fingerprint density at radius 1 is 1.38 bits per heavy atom. The SMILES string of the molecule is CCCC(C)CC(C)CC1CC(C)OC1=O. The van der Waals surface area contributed by atoms with Crippen LogP contribution in [0, 0.1) is 17.8 Å². The lowest BCUT2D eigenvalue weighted by Crippen LogP contribution is -2.13. The zero-order chi connectivity index (χ0) is 12.1. The summed E-state index contributed by atoms with van der Waals surface area (Å²) in [6.45, 7) is 8.80. The summed E-state index contributed by atoms with van der Waals surface area (Å²) in [5.74, 6) is 1.63. The number of carbonyl (C=O) groups is 1. The summed E-state index contributed by atoms with van der Waals surface area (Å²) in [6, 6.07) is 0. The summed E-state index contributed by atoms with van der Waals surface area (Å²) in [5.41, 5.74) is 0. The quantitative estimate of drug-likeness (QED) is 0.644. The van der Waals surface area contributed by atoms with Gasteiger partial charge in [-0.15, -0.1) is 0 Å². The first-order valence-corrected chi connectivity index (χ1v) is 6.73. The van der Waals surface area contributed by atoms with E-state index >= 15 is 0 Å². The van der Waals surface area contributed by atoms with Crippen molar-refractivity contribution in [1.29, 1.82) is 0 Å². The fourth-order valence-electron chi connectivity index (χ4n) is 2.91. The molecule has 2 heteroatoms. The van der Waals surface area contributed by atoms with Crippen molar-refractivity contribution in [2.24, 2.45) is 17.8 Å². The van der Waals surface area contributed by atoms with Crippen LogP contribution in [-0.2, 0) is 9.53 Å². The second kappa shape index (κ2) is 6.27. The van der Waals surface area contributed by atoms with E-state index in [1.807, 2.05) is 6.92 Å². The number of carbonyl (C=O) groups excluding carboxylic acids is 1. The molecule has 0 aliphatic carbocycles. The number of ether oxygens (including phenoxy) is 1. The van der Waals surface area contributed by atoms with Crippen LogP contribution in [-0.4, -0.2) is 12.1 Å². The van der Waals surface area contributed by atoms with E-state index in [4.69, 9.17) is 4.74 Å². The standard InChI is InChI=1S/C14H26O2/c1-5-6-10(2)7-11(3)8-13-9-12(4)16-14(13)15/h10-13H,5-9H2,1-4H3. The van der Waals surface area contributed by atoms with Crippen LogP contribution in [0.15, 0.2) is 0 Å². The molecule has 4 atom stereocenters. The Kier molecular flexibility index (Phi) is 5.30. The highest BCUT2D eigenvalue weighted by Crippen LogP contribution is 2.29. The Morgan fingerprint density at radius 3 is 2.56 bits per heavy atom. The average Bonchev–Trinajstić information content (AvgIpc) is 2.44. The zero-order valence-corrected chi connectivity index (χ0v) is 11.2. The van der Waals surface area contributed by atoms with E-state index in [-0.39, 0.29) is 18.0 Å². The van der Waals surface area contributed by atoms with E-state index in [0.29, 0.717) is 5.92 Å². The van der Waals surface area contributed by atoms with Gasteiger partial charge in [-0.25, -0.2) is 0 Å². The number of hydrogen-bond donors (Lipinski definition) is 0. The summed E-state index contributed by atoms with van der Waals surface area (Å²) in [4.78, 5) is 11.5. The van der Waals surface area contributed by atoms with Crippen molar-refractivity contribution in [3.05, 3.63) is 0 Å². The van der Waals surface area contributed by atoms with E-state index in [2.05, 4.69) is 20.8 Å². The normalized spacial score (nSPS) is 28.9. The number of rotatable bonds is 6. The topological polar surface area (TPSA) is 26.3 Å². The number of cyclic esters (lactones) is 1. The number of esters is 1. The molecule has 0 aromatic carbocycles. The molecule has 0 radical (unpaired) electrons. The van der Waals surface area contributed by atoms with Crippen LogP contribution in [0.4, 0.5) is 0 Å². The van der Waals surface area contributed by atoms with Gasteiger partial charge in [-0.05, 0) is 38.0 Å². The molecular weight excluding hydrogens is 200 g/mol. The molecule has 4 unspecified atom stereocenters. The molecule has 1 aliphatic heterocycles. The van der Waals surface area contributed by atoms with Crippen LogP contribution in [0.3, 0.4) is 0 Å². The lowest BCUT2D eigenvalue weighted by molar-refractivity contribution is -0.144. The molecule has 1 heterocycles. The molecule has 0 aromatic rings. The third-order valence-electron chi connectivity index (χ3n) is 3.54. The van der Waals surface area contributed by atoms with Gasteiger partial charge in [-0.2, -0.15) is 0 Å². The van der Waals surface area contributed by atoms with Crippen LogP contribution in [0.1, 0.15) is 59.8 Å². The van der Waals surface area contributed by atoms with Gasteiger partial charge in [0.05, 0.1) is 12.0 Å². The Hall–Kier alpha value is -0.530. The first kappa shape index (κ1) is 13.5. The molecule has 1 fully saturated rings. The fraction of sp³-hybridized carbons (Fsp3) is 0.929. The second-order valence-corrected chi connectivity index (χ2v) is 5.65. The van der Waals surface area contributed by atoms with Crippen molar-refractivity contribution < 1.29 is 9.53 Å². The summed E-state index contributed by atoms with van der Waals surface area (Å²) in [6.07, 6.45) is 5.87. The van der Waals surface area contributed by atoms with E-state index in [9.17, 15) is 4.79 Å². The first-order valence-electron chi connectivity index (χ1n) is 6.73.